The lowest BCUT2D eigenvalue weighted by Crippen LogP contribution is -2.58. The van der Waals surface area contributed by atoms with Gasteiger partial charge in [0, 0.05) is 48.5 Å². The molecule has 0 bridgehead atoms. The van der Waals surface area contributed by atoms with E-state index in [4.69, 9.17) is 5.73 Å². The zero-order valence-electron chi connectivity index (χ0n) is 21.5. The van der Waals surface area contributed by atoms with Crippen LogP contribution < -0.4 is 15.6 Å². The van der Waals surface area contributed by atoms with Gasteiger partial charge in [-0.2, -0.15) is 0 Å². The Hall–Kier alpha value is -3.87. The SMILES string of the molecule is CC(C)c1ccc(N2CCCC3(CCCN(n4c5ccccc5c5cncc(C(N)=O)c54)C3)C2=O)cc1. The molecule has 7 heteroatoms. The van der Waals surface area contributed by atoms with E-state index in [-0.39, 0.29) is 5.91 Å². The standard InChI is InChI=1S/C30H33N5O2/c1-20(2)21-9-11-22(12-10-21)34-16-6-14-30(29(34)37)13-5-15-33(19-30)35-26-8-4-3-7-23(26)24-17-32-18-25(27(24)35)28(31)36/h3-4,7-12,17-18,20H,5-6,13-16,19H2,1-2H3,(H2,31,36). The molecule has 0 radical (unpaired) electrons. The molecule has 2 aliphatic rings. The van der Waals surface area contributed by atoms with Gasteiger partial charge in [0.25, 0.3) is 5.91 Å². The smallest absolute Gasteiger partial charge is 0.252 e. The van der Waals surface area contributed by atoms with E-state index in [2.05, 4.69) is 64.9 Å². The number of amides is 2. The fraction of sp³-hybridized carbons (Fsp3) is 0.367. The number of pyridine rings is 1. The predicted octanol–water partition coefficient (Wildman–Crippen LogP) is 4.96. The highest BCUT2D eigenvalue weighted by Crippen LogP contribution is 2.42. The highest BCUT2D eigenvalue weighted by atomic mass is 16.2. The van der Waals surface area contributed by atoms with Gasteiger partial charge in [0.1, 0.15) is 0 Å². The summed E-state index contributed by atoms with van der Waals surface area (Å²) in [6, 6.07) is 16.6. The number of nitrogens with two attached hydrogens (primary N) is 1. The molecule has 2 fully saturated rings. The van der Waals surface area contributed by atoms with E-state index in [1.54, 1.807) is 12.4 Å². The van der Waals surface area contributed by atoms with Crippen LogP contribution in [0.3, 0.4) is 0 Å². The number of fused-ring (bicyclic) bond motifs is 3. The van der Waals surface area contributed by atoms with E-state index in [0.29, 0.717) is 18.0 Å². The van der Waals surface area contributed by atoms with Crippen LogP contribution in [-0.4, -0.2) is 41.1 Å². The summed E-state index contributed by atoms with van der Waals surface area (Å²) in [4.78, 5) is 32.9. The third kappa shape index (κ3) is 3.76. The lowest BCUT2D eigenvalue weighted by molar-refractivity contribution is -0.131. The fourth-order valence-electron chi connectivity index (χ4n) is 6.37. The molecule has 7 nitrogen and oxygen atoms in total. The topological polar surface area (TPSA) is 84.5 Å². The monoisotopic (exact) mass is 495 g/mol. The molecule has 37 heavy (non-hydrogen) atoms. The lowest BCUT2D eigenvalue weighted by atomic mass is 9.73. The van der Waals surface area contributed by atoms with Crippen LogP contribution in [0.1, 0.15) is 61.4 Å². The molecule has 2 aromatic carbocycles. The lowest BCUT2D eigenvalue weighted by Gasteiger charge is -2.48. The van der Waals surface area contributed by atoms with Crippen molar-refractivity contribution in [1.82, 2.24) is 9.66 Å². The van der Waals surface area contributed by atoms with Gasteiger partial charge in [-0.05, 0) is 55.4 Å². The van der Waals surface area contributed by atoms with Crippen LogP contribution in [0, 0.1) is 5.41 Å². The molecule has 2 amide bonds. The number of hydrogen-bond acceptors (Lipinski definition) is 4. The van der Waals surface area contributed by atoms with E-state index >= 15 is 0 Å². The van der Waals surface area contributed by atoms with Crippen molar-refractivity contribution >= 4 is 39.3 Å². The van der Waals surface area contributed by atoms with Crippen LogP contribution >= 0.6 is 0 Å². The Bertz CT molecular complexity index is 1500. The third-order valence-corrected chi connectivity index (χ3v) is 8.26. The second kappa shape index (κ2) is 8.91. The van der Waals surface area contributed by atoms with Crippen LogP contribution in [0.4, 0.5) is 5.69 Å². The Morgan fingerprint density at radius 2 is 1.70 bits per heavy atom. The molecular formula is C30H33N5O2. The van der Waals surface area contributed by atoms with E-state index in [1.807, 2.05) is 17.0 Å². The quantitative estimate of drug-likeness (QED) is 0.434. The summed E-state index contributed by atoms with van der Waals surface area (Å²) in [5.41, 5.74) is 9.75. The molecule has 190 valence electrons. The van der Waals surface area contributed by atoms with Gasteiger partial charge >= 0.3 is 0 Å². The summed E-state index contributed by atoms with van der Waals surface area (Å²) >= 11 is 0. The molecule has 0 saturated carbocycles. The highest BCUT2D eigenvalue weighted by molar-refractivity contribution is 6.15. The third-order valence-electron chi connectivity index (χ3n) is 8.26. The van der Waals surface area contributed by atoms with Gasteiger partial charge in [-0.1, -0.05) is 44.2 Å². The van der Waals surface area contributed by atoms with Gasteiger partial charge in [-0.25, -0.2) is 0 Å². The Morgan fingerprint density at radius 3 is 2.43 bits per heavy atom. The van der Waals surface area contributed by atoms with Crippen molar-refractivity contribution in [3.8, 4) is 0 Å². The van der Waals surface area contributed by atoms with Gasteiger partial charge in [0.2, 0.25) is 5.91 Å². The van der Waals surface area contributed by atoms with Crippen molar-refractivity contribution in [1.29, 1.82) is 0 Å². The first kappa shape index (κ1) is 23.5. The van der Waals surface area contributed by atoms with Crippen LogP contribution in [-0.2, 0) is 4.79 Å². The maximum absolute atomic E-state index is 14.1. The molecule has 0 aliphatic carbocycles. The molecule has 1 unspecified atom stereocenters. The maximum atomic E-state index is 14.1. The van der Waals surface area contributed by atoms with Gasteiger partial charge in [0.05, 0.1) is 22.0 Å². The zero-order valence-corrected chi connectivity index (χ0v) is 21.5. The minimum Gasteiger partial charge on any atom is -0.365 e. The molecule has 1 atom stereocenters. The number of nitrogens with zero attached hydrogens (tertiary/aromatic N) is 4. The average molecular weight is 496 g/mol. The summed E-state index contributed by atoms with van der Waals surface area (Å²) in [7, 11) is 0. The van der Waals surface area contributed by atoms with Crippen LogP contribution in [0.25, 0.3) is 21.8 Å². The van der Waals surface area contributed by atoms with E-state index in [1.165, 1.54) is 5.56 Å². The highest BCUT2D eigenvalue weighted by Gasteiger charge is 2.47. The summed E-state index contributed by atoms with van der Waals surface area (Å²) in [6.45, 7) is 6.50. The average Bonchev–Trinajstić information content (AvgIpc) is 3.25. The van der Waals surface area contributed by atoms with Gasteiger partial charge in [-0.15, -0.1) is 0 Å². The Morgan fingerprint density at radius 1 is 0.973 bits per heavy atom. The van der Waals surface area contributed by atoms with Crippen molar-refractivity contribution in [2.75, 3.05) is 29.5 Å². The number of primary amides is 1. The number of carbonyl (C=O) groups excluding carboxylic acids is 2. The van der Waals surface area contributed by atoms with Gasteiger partial charge in [0.15, 0.2) is 0 Å². The number of rotatable bonds is 4. The first-order valence-electron chi connectivity index (χ1n) is 13.2. The van der Waals surface area contributed by atoms with E-state index in [0.717, 1.165) is 66.3 Å². The molecule has 1 spiro atoms. The van der Waals surface area contributed by atoms with Crippen molar-refractivity contribution < 1.29 is 9.59 Å². The summed E-state index contributed by atoms with van der Waals surface area (Å²) in [5, 5.41) is 4.17. The van der Waals surface area contributed by atoms with Crippen molar-refractivity contribution in [3.63, 3.8) is 0 Å². The number of carbonyl (C=O) groups is 2. The minimum atomic E-state index is -0.501. The van der Waals surface area contributed by atoms with Crippen molar-refractivity contribution in [2.45, 2.75) is 45.4 Å². The second-order valence-electron chi connectivity index (χ2n) is 10.9. The number of hydrogen-bond donors (Lipinski definition) is 1. The van der Waals surface area contributed by atoms with Gasteiger partial charge < -0.3 is 15.6 Å². The number of piperidine rings is 2. The Balaban J connectivity index is 1.41. The largest absolute Gasteiger partial charge is 0.365 e. The number of para-hydroxylation sites is 1. The molecule has 2 aromatic heterocycles. The Labute approximate surface area is 216 Å². The number of aromatic nitrogens is 2. The van der Waals surface area contributed by atoms with E-state index in [9.17, 15) is 9.59 Å². The molecule has 2 saturated heterocycles. The van der Waals surface area contributed by atoms with Crippen LogP contribution in [0.5, 0.6) is 0 Å². The first-order valence-corrected chi connectivity index (χ1v) is 13.2. The maximum Gasteiger partial charge on any atom is 0.252 e. The fourth-order valence-corrected chi connectivity index (χ4v) is 6.37. The molecular weight excluding hydrogens is 462 g/mol. The minimum absolute atomic E-state index is 0.207. The van der Waals surface area contributed by atoms with Crippen molar-refractivity contribution in [2.24, 2.45) is 11.1 Å². The summed E-state index contributed by atoms with van der Waals surface area (Å²) in [6.07, 6.45) is 6.95. The number of anilines is 1. The Kier molecular flexibility index (Phi) is 5.66. The summed E-state index contributed by atoms with van der Waals surface area (Å²) in [5.74, 6) is 0.160. The van der Waals surface area contributed by atoms with Gasteiger partial charge in [-0.3, -0.25) is 19.2 Å². The summed E-state index contributed by atoms with van der Waals surface area (Å²) < 4.78 is 2.12. The molecule has 6 rings (SSSR count). The molecule has 4 aromatic rings. The molecule has 2 aliphatic heterocycles. The first-order chi connectivity index (χ1) is 17.9. The van der Waals surface area contributed by atoms with Crippen LogP contribution in [0.15, 0.2) is 60.9 Å². The molecule has 4 heterocycles. The van der Waals surface area contributed by atoms with E-state index < -0.39 is 11.3 Å². The molecule has 2 N–H and O–H groups in total. The van der Waals surface area contributed by atoms with Crippen molar-refractivity contribution in [3.05, 3.63) is 72.1 Å². The van der Waals surface area contributed by atoms with Crippen LogP contribution in [0.2, 0.25) is 0 Å². The normalized spacial score (nSPS) is 20.5. The second-order valence-corrected chi connectivity index (χ2v) is 10.9. The number of benzene rings is 2. The predicted molar refractivity (Wildman–Crippen MR) is 147 cm³/mol. The zero-order chi connectivity index (χ0) is 25.7.